The summed E-state index contributed by atoms with van der Waals surface area (Å²) in [6, 6.07) is 24.4. The van der Waals surface area contributed by atoms with Crippen LogP contribution in [0.15, 0.2) is 72.8 Å². The molecule has 8 saturated carbocycles. The molecule has 8 N–H and O–H groups in total. The predicted octanol–water partition coefficient (Wildman–Crippen LogP) is 16.7. The zero-order valence-corrected chi connectivity index (χ0v) is 70.4. The monoisotopic (exact) mass is 1630 g/mol. The second-order valence-electron chi connectivity index (χ2n) is 35.8. The summed E-state index contributed by atoms with van der Waals surface area (Å²) in [5.74, 6) is 7.39. The number of aryl methyl sites for hydroxylation is 4. The minimum atomic E-state index is -0.945. The Hall–Kier alpha value is -6.74. The van der Waals surface area contributed by atoms with Crippen LogP contribution >= 0.6 is 15.9 Å². The largest absolute Gasteiger partial charge is 0.508 e. The van der Waals surface area contributed by atoms with Crippen LogP contribution < -0.4 is 19.9 Å². The second-order valence-corrected chi connectivity index (χ2v) is 36.4. The normalized spacial score (nSPS) is 33.0. The maximum atomic E-state index is 11.6. The van der Waals surface area contributed by atoms with E-state index in [2.05, 4.69) is 91.4 Å². The molecular formula is C93H131BrNO18+. The van der Waals surface area contributed by atoms with E-state index in [0.29, 0.717) is 107 Å². The maximum absolute atomic E-state index is 11.6. The van der Waals surface area contributed by atoms with Gasteiger partial charge in [0.2, 0.25) is 0 Å². The summed E-state index contributed by atoms with van der Waals surface area (Å²) in [6.45, 7) is 19.4. The number of phenolic OH excluding ortho intramolecular Hbond substituents is 1. The van der Waals surface area contributed by atoms with Gasteiger partial charge in [-0.3, -0.25) is 14.4 Å². The number of hydrogen-bond acceptors (Lipinski definition) is 16. The lowest BCUT2D eigenvalue weighted by molar-refractivity contribution is -0.368. The van der Waals surface area contributed by atoms with Crippen LogP contribution in [0.4, 0.5) is 0 Å². The number of carboxylic acids is 2. The number of carboxylic acid groups (broad SMARTS) is 2. The molecular weight excluding hydrogens is 1500 g/mol. The third-order valence-corrected chi connectivity index (χ3v) is 30.3. The number of aliphatic carboxylic acids is 2. The van der Waals surface area contributed by atoms with Crippen LogP contribution in [0, 0.1) is 69.0 Å². The van der Waals surface area contributed by atoms with Gasteiger partial charge in [-0.05, 0) is 356 Å². The van der Waals surface area contributed by atoms with Crippen molar-refractivity contribution in [2.75, 3.05) is 44.9 Å². The van der Waals surface area contributed by atoms with E-state index in [1.165, 1.54) is 116 Å². The highest BCUT2D eigenvalue weighted by molar-refractivity contribution is 9.09. The number of aliphatic hydroxyl groups is 2. The first-order valence-electron chi connectivity index (χ1n) is 43.0. The van der Waals surface area contributed by atoms with Gasteiger partial charge in [-0.25, -0.2) is 14.4 Å². The molecule has 4 aromatic carbocycles. The highest BCUT2D eigenvalue weighted by atomic mass is 79.9. The number of carbonyl (C=O) groups is 6. The number of phenols is 1. The number of alkyl halides is 1. The Morgan fingerprint density at radius 2 is 0.770 bits per heavy atom. The Bertz CT molecular complexity index is 3820. The zero-order valence-electron chi connectivity index (χ0n) is 68.8. The number of rotatable bonds is 17. The first-order chi connectivity index (χ1) is 54.1. The second kappa shape index (κ2) is 38.6. The fourth-order valence-electron chi connectivity index (χ4n) is 24.4. The summed E-state index contributed by atoms with van der Waals surface area (Å²) in [5.41, 5.74) is 15.3. The van der Waals surface area contributed by atoms with Gasteiger partial charge in [-0.1, -0.05) is 81.2 Å². The van der Waals surface area contributed by atoms with Crippen LogP contribution in [0.3, 0.4) is 0 Å². The van der Waals surface area contributed by atoms with Crippen molar-refractivity contribution < 1.29 is 93.2 Å². The lowest BCUT2D eigenvalue weighted by Gasteiger charge is -2.50. The molecule has 113 heavy (non-hydrogen) atoms. The number of halogens is 1. The van der Waals surface area contributed by atoms with E-state index in [0.717, 1.165) is 128 Å². The molecule has 622 valence electrons. The number of ether oxygens (including phenoxy) is 7. The van der Waals surface area contributed by atoms with Crippen LogP contribution in [0.1, 0.15) is 278 Å². The minimum absolute atomic E-state index is 0.0450. The molecule has 0 saturated heterocycles. The number of aliphatic hydroxyl groups excluding tert-OH is 2. The van der Waals surface area contributed by atoms with Gasteiger partial charge in [-0.2, -0.15) is 0 Å². The van der Waals surface area contributed by atoms with Crippen LogP contribution in [0.25, 0.3) is 0 Å². The molecule has 20 atom stereocenters. The molecule has 20 unspecified atom stereocenters. The summed E-state index contributed by atoms with van der Waals surface area (Å²) in [4.78, 5) is 66.0. The van der Waals surface area contributed by atoms with E-state index in [1.54, 1.807) is 13.8 Å². The molecule has 4 aromatic rings. The maximum Gasteiger partial charge on any atom is 0.344 e. The number of fused-ring (bicyclic) bond motifs is 20. The highest BCUT2D eigenvalue weighted by Gasteiger charge is 2.60. The van der Waals surface area contributed by atoms with E-state index in [1.807, 2.05) is 42.5 Å². The SMILES string of the molecule is CC(=O)OC1CCC2C3CCc4cc(O)ccc4C3CCC12C.CC12CCC3c4ccc(OCC(=O)O)cc4CCC3C1CCC2O.CC12CCC3c4ccc(OCC(=O)O)cc4CCC3C1CCC2O.CCCCC[NH3+].CCOC(=O)CBr.CCOC(=O)COc1ccc2c(c1)CCC1C2CCC2(C)C(OC(C)=O)CCC12. The lowest BCUT2D eigenvalue weighted by Crippen LogP contribution is -2.49. The number of hydrogen-bond donors (Lipinski definition) is 6. The van der Waals surface area contributed by atoms with Crippen molar-refractivity contribution in [3.63, 3.8) is 0 Å². The summed E-state index contributed by atoms with van der Waals surface area (Å²) >= 11 is 2.94. The van der Waals surface area contributed by atoms with Crippen LogP contribution in [-0.4, -0.2) is 131 Å². The van der Waals surface area contributed by atoms with Crippen molar-refractivity contribution in [3.05, 3.63) is 117 Å². The van der Waals surface area contributed by atoms with Crippen LogP contribution in [-0.2, 0) is 73.4 Å². The Labute approximate surface area is 679 Å². The molecule has 0 aromatic heterocycles. The Balaban J connectivity index is 0.000000141. The molecule has 16 rings (SSSR count). The lowest BCUT2D eigenvalue weighted by atomic mass is 9.55. The van der Waals surface area contributed by atoms with Gasteiger partial charge in [-0.15, -0.1) is 0 Å². The van der Waals surface area contributed by atoms with E-state index < -0.39 is 11.9 Å². The number of quaternary nitrogens is 1. The molecule has 0 radical (unpaired) electrons. The number of esters is 4. The Morgan fingerprint density at radius 3 is 1.10 bits per heavy atom. The van der Waals surface area contributed by atoms with Gasteiger partial charge < -0.3 is 64.4 Å². The van der Waals surface area contributed by atoms with Crippen molar-refractivity contribution in [2.45, 2.75) is 284 Å². The van der Waals surface area contributed by atoms with Gasteiger partial charge in [0.15, 0.2) is 19.8 Å². The molecule has 0 bridgehead atoms. The summed E-state index contributed by atoms with van der Waals surface area (Å²) in [6.07, 6.45) is 30.5. The molecule has 8 fully saturated rings. The fourth-order valence-corrected chi connectivity index (χ4v) is 24.6. The number of unbranched alkanes of at least 4 members (excludes halogenated alkanes) is 2. The smallest absolute Gasteiger partial charge is 0.344 e. The first kappa shape index (κ1) is 87.1. The van der Waals surface area contributed by atoms with Crippen molar-refractivity contribution in [1.82, 2.24) is 0 Å². The van der Waals surface area contributed by atoms with Crippen molar-refractivity contribution in [3.8, 4) is 23.0 Å². The first-order valence-corrected chi connectivity index (χ1v) is 44.1. The topological polar surface area (TPSA) is 296 Å². The van der Waals surface area contributed by atoms with E-state index >= 15 is 0 Å². The third-order valence-electron chi connectivity index (χ3n) is 29.8. The van der Waals surface area contributed by atoms with Crippen molar-refractivity contribution >= 4 is 51.7 Å². The van der Waals surface area contributed by atoms with Gasteiger partial charge in [0, 0.05) is 24.7 Å². The van der Waals surface area contributed by atoms with Crippen molar-refractivity contribution in [1.29, 1.82) is 0 Å². The number of carbonyl (C=O) groups excluding carboxylic acids is 4. The Kier molecular flexibility index (Phi) is 29.7. The van der Waals surface area contributed by atoms with Crippen LogP contribution in [0.5, 0.6) is 23.0 Å². The number of aromatic hydroxyl groups is 1. The quantitative estimate of drug-likeness (QED) is 0.0248. The van der Waals surface area contributed by atoms with E-state index in [9.17, 15) is 44.1 Å². The molecule has 12 aliphatic carbocycles. The van der Waals surface area contributed by atoms with Crippen molar-refractivity contribution in [2.24, 2.45) is 69.0 Å². The molecule has 0 amide bonds. The fraction of sp³-hybridized carbons (Fsp3) is 0.677. The minimum Gasteiger partial charge on any atom is -0.508 e. The van der Waals surface area contributed by atoms with E-state index in [4.69, 9.17) is 38.6 Å². The van der Waals surface area contributed by atoms with Crippen LogP contribution in [0.2, 0.25) is 0 Å². The third kappa shape index (κ3) is 19.6. The molecule has 12 aliphatic rings. The highest BCUT2D eigenvalue weighted by Crippen LogP contribution is 2.66. The predicted molar refractivity (Wildman–Crippen MR) is 435 cm³/mol. The number of benzene rings is 4. The summed E-state index contributed by atoms with van der Waals surface area (Å²) in [5, 5.41) is 48.4. The van der Waals surface area contributed by atoms with Gasteiger partial charge in [0.05, 0.1) is 32.0 Å². The summed E-state index contributed by atoms with van der Waals surface area (Å²) in [7, 11) is 0. The molecule has 0 aliphatic heterocycles. The van der Waals surface area contributed by atoms with Gasteiger partial charge in [0.1, 0.15) is 40.5 Å². The zero-order chi connectivity index (χ0) is 81.1. The standard InChI is InChI=1S/C24H32O5.2C20H26O4.C20H26O3.C5H13N.C4H7BrO2/c1-4-27-23(26)14-28-17-6-8-18-16(13-17)5-7-20-19(18)11-12-24(3)21(20)9-10-22(24)29-15(2)25;2*1-20-9-8-15-14-5-3-13(24-11-19(22)23)10-12(14)2-4-16(15)17(20)6-7-18(20)21;1-12(21)23-19-8-7-18-17-5-3-13-11-14(22)4-6-15(13)16(17)9-10-20(18,19)2;1-2-3-4-5-6;1-2-7-4(6)3-5/h6,8,13,19-22H,4-5,7,9-12,14H2,1-3H3;2*3,5,10,15-18,21H,2,4,6-9,11H2,1H3,(H,22,23);4,6,11,16-19,22H,3,5,7-10H2,1-2H3;2-6H2,1H3;2-3H2,1H3/p+1. The summed E-state index contributed by atoms with van der Waals surface area (Å²) < 4.78 is 37.1. The van der Waals surface area contributed by atoms with Gasteiger partial charge in [0.25, 0.3) is 0 Å². The van der Waals surface area contributed by atoms with Gasteiger partial charge >= 0.3 is 35.8 Å². The molecule has 19 nitrogen and oxygen atoms in total. The molecule has 20 heteroatoms. The Morgan fingerprint density at radius 1 is 0.434 bits per heavy atom. The van der Waals surface area contributed by atoms with E-state index in [-0.39, 0.29) is 89.8 Å². The average molecular weight is 1630 g/mol. The average Bonchev–Trinajstić information content (AvgIpc) is 1.63. The molecule has 0 spiro atoms. The molecule has 0 heterocycles.